The second kappa shape index (κ2) is 4.79. The number of aliphatic hydroxyl groups excluding tert-OH is 1. The smallest absolute Gasteiger partial charge is 0.309 e. The van der Waals surface area contributed by atoms with Crippen molar-refractivity contribution < 1.29 is 15.0 Å². The maximum Gasteiger partial charge on any atom is 0.309 e. The minimum atomic E-state index is -0.780. The molecule has 0 spiro atoms. The molecule has 1 aromatic rings. The quantitative estimate of drug-likeness (QED) is 0.772. The Hall–Kier alpha value is -1.50. The lowest BCUT2D eigenvalue weighted by Crippen LogP contribution is -2.37. The van der Waals surface area contributed by atoms with Crippen LogP contribution in [0.3, 0.4) is 0 Å². The molecular formula is C10H16N4O3. The highest BCUT2D eigenvalue weighted by Crippen LogP contribution is 2.40. The highest BCUT2D eigenvalue weighted by molar-refractivity contribution is 5.74. The molecule has 1 heterocycles. The third kappa shape index (κ3) is 2.60. The summed E-state index contributed by atoms with van der Waals surface area (Å²) in [6, 6.07) is 0. The lowest BCUT2D eigenvalue weighted by Gasteiger charge is -2.35. The number of hydrogen-bond acceptors (Lipinski definition) is 5. The van der Waals surface area contributed by atoms with Crippen LogP contribution < -0.4 is 0 Å². The summed E-state index contributed by atoms with van der Waals surface area (Å²) in [6.07, 6.45) is 3.78. The second-order valence-electron chi connectivity index (χ2n) is 4.64. The van der Waals surface area contributed by atoms with Gasteiger partial charge in [-0.3, -0.25) is 4.79 Å². The molecular weight excluding hydrogens is 224 g/mol. The summed E-state index contributed by atoms with van der Waals surface area (Å²) in [5, 5.41) is 29.5. The lowest BCUT2D eigenvalue weighted by atomic mass is 9.71. The fraction of sp³-hybridized carbons (Fsp3) is 0.800. The third-order valence-electron chi connectivity index (χ3n) is 3.58. The lowest BCUT2D eigenvalue weighted by molar-refractivity contribution is -0.153. The largest absolute Gasteiger partial charge is 0.481 e. The van der Waals surface area contributed by atoms with Crippen molar-refractivity contribution in [2.24, 2.45) is 5.41 Å². The molecule has 1 aliphatic rings. The number of aromatic nitrogens is 4. The first-order valence-corrected chi connectivity index (χ1v) is 5.75. The van der Waals surface area contributed by atoms with Gasteiger partial charge in [0.05, 0.1) is 11.5 Å². The number of tetrazole rings is 1. The van der Waals surface area contributed by atoms with Crippen LogP contribution in [-0.4, -0.2) is 42.5 Å². The molecule has 0 aliphatic heterocycles. The van der Waals surface area contributed by atoms with Crippen molar-refractivity contribution in [3.63, 3.8) is 0 Å². The van der Waals surface area contributed by atoms with Gasteiger partial charge in [0.1, 0.15) is 6.33 Å². The van der Waals surface area contributed by atoms with Gasteiger partial charge >= 0.3 is 5.97 Å². The van der Waals surface area contributed by atoms with Crippen LogP contribution in [0.15, 0.2) is 6.33 Å². The normalized spacial score (nSPS) is 29.1. The molecule has 0 atom stereocenters. The SMILES string of the molecule is O=C(O)C1(CCn2cnnn2)CCC(O)CC1. The Kier molecular flexibility index (Phi) is 3.37. The Balaban J connectivity index is 2.00. The van der Waals surface area contributed by atoms with Crippen LogP contribution in [0.1, 0.15) is 32.1 Å². The van der Waals surface area contributed by atoms with Crippen molar-refractivity contribution in [2.45, 2.75) is 44.8 Å². The molecule has 94 valence electrons. The van der Waals surface area contributed by atoms with Crippen LogP contribution in [0.5, 0.6) is 0 Å². The summed E-state index contributed by atoms with van der Waals surface area (Å²) in [6.45, 7) is 0.495. The second-order valence-corrected chi connectivity index (χ2v) is 4.64. The number of carboxylic acid groups (broad SMARTS) is 1. The van der Waals surface area contributed by atoms with Gasteiger partial charge in [0, 0.05) is 6.54 Å². The number of aryl methyl sites for hydroxylation is 1. The molecule has 0 radical (unpaired) electrons. The van der Waals surface area contributed by atoms with Gasteiger partial charge in [0.15, 0.2) is 0 Å². The first kappa shape index (κ1) is 12.0. The van der Waals surface area contributed by atoms with E-state index in [1.165, 1.54) is 11.0 Å². The molecule has 0 aromatic carbocycles. The highest BCUT2D eigenvalue weighted by Gasteiger charge is 2.41. The molecule has 2 N–H and O–H groups in total. The van der Waals surface area contributed by atoms with E-state index in [4.69, 9.17) is 0 Å². The maximum absolute atomic E-state index is 11.4. The van der Waals surface area contributed by atoms with Crippen molar-refractivity contribution in [2.75, 3.05) is 0 Å². The highest BCUT2D eigenvalue weighted by atomic mass is 16.4. The van der Waals surface area contributed by atoms with E-state index in [1.54, 1.807) is 0 Å². The molecule has 7 heteroatoms. The van der Waals surface area contributed by atoms with E-state index in [0.29, 0.717) is 38.6 Å². The van der Waals surface area contributed by atoms with Gasteiger partial charge in [-0.1, -0.05) is 0 Å². The number of rotatable bonds is 4. The first-order chi connectivity index (χ1) is 8.12. The molecule has 0 saturated heterocycles. The van der Waals surface area contributed by atoms with E-state index in [0.717, 1.165) is 0 Å². The molecule has 1 aliphatic carbocycles. The molecule has 0 unspecified atom stereocenters. The van der Waals surface area contributed by atoms with E-state index in [1.807, 2.05) is 0 Å². The van der Waals surface area contributed by atoms with Crippen molar-refractivity contribution in [1.82, 2.24) is 20.2 Å². The molecule has 1 fully saturated rings. The van der Waals surface area contributed by atoms with Gasteiger partial charge in [-0.05, 0) is 42.5 Å². The fourth-order valence-electron chi connectivity index (χ4n) is 2.34. The Morgan fingerprint density at radius 2 is 2.18 bits per heavy atom. The molecule has 2 rings (SSSR count). The minimum Gasteiger partial charge on any atom is -0.481 e. The van der Waals surface area contributed by atoms with Crippen molar-refractivity contribution in [3.05, 3.63) is 6.33 Å². The van der Waals surface area contributed by atoms with E-state index in [9.17, 15) is 15.0 Å². The predicted molar refractivity (Wildman–Crippen MR) is 57.0 cm³/mol. The minimum absolute atomic E-state index is 0.351. The zero-order valence-electron chi connectivity index (χ0n) is 9.49. The first-order valence-electron chi connectivity index (χ1n) is 5.75. The Bertz CT molecular complexity index is 371. The van der Waals surface area contributed by atoms with Crippen LogP contribution >= 0.6 is 0 Å². The van der Waals surface area contributed by atoms with Crippen LogP contribution in [-0.2, 0) is 11.3 Å². The van der Waals surface area contributed by atoms with Crippen LogP contribution in [0, 0.1) is 5.41 Å². The Labute approximate surface area is 98.4 Å². The number of nitrogens with zero attached hydrogens (tertiary/aromatic N) is 4. The van der Waals surface area contributed by atoms with Gasteiger partial charge < -0.3 is 10.2 Å². The maximum atomic E-state index is 11.4. The summed E-state index contributed by atoms with van der Waals surface area (Å²) >= 11 is 0. The summed E-state index contributed by atoms with van der Waals surface area (Å²) in [4.78, 5) is 11.4. The monoisotopic (exact) mass is 240 g/mol. The topological polar surface area (TPSA) is 101 Å². The average Bonchev–Trinajstić information content (AvgIpc) is 2.81. The van der Waals surface area contributed by atoms with Gasteiger partial charge in [-0.2, -0.15) is 0 Å². The number of aliphatic carboxylic acids is 1. The zero-order chi connectivity index (χ0) is 12.3. The van der Waals surface area contributed by atoms with Crippen molar-refractivity contribution >= 4 is 5.97 Å². The van der Waals surface area contributed by atoms with Gasteiger partial charge in [-0.25, -0.2) is 4.68 Å². The van der Waals surface area contributed by atoms with E-state index >= 15 is 0 Å². The number of aliphatic hydroxyl groups is 1. The summed E-state index contributed by atoms with van der Waals surface area (Å²) in [5.41, 5.74) is -0.731. The average molecular weight is 240 g/mol. The van der Waals surface area contributed by atoms with E-state index in [2.05, 4.69) is 15.5 Å². The van der Waals surface area contributed by atoms with Gasteiger partial charge in [-0.15, -0.1) is 5.10 Å². The number of carbonyl (C=O) groups is 1. The molecule has 0 amide bonds. The van der Waals surface area contributed by atoms with Crippen LogP contribution in [0.25, 0.3) is 0 Å². The molecule has 1 aromatic heterocycles. The van der Waals surface area contributed by atoms with Gasteiger partial charge in [0.25, 0.3) is 0 Å². The third-order valence-corrected chi connectivity index (χ3v) is 3.58. The molecule has 1 saturated carbocycles. The summed E-state index contributed by atoms with van der Waals surface area (Å²) in [5.74, 6) is -0.780. The predicted octanol–water partition coefficient (Wildman–Crippen LogP) is 0.0691. The van der Waals surface area contributed by atoms with E-state index < -0.39 is 11.4 Å². The molecule has 0 bridgehead atoms. The van der Waals surface area contributed by atoms with Crippen molar-refractivity contribution in [1.29, 1.82) is 0 Å². The van der Waals surface area contributed by atoms with Crippen LogP contribution in [0.2, 0.25) is 0 Å². The number of carboxylic acids is 1. The zero-order valence-corrected chi connectivity index (χ0v) is 9.49. The van der Waals surface area contributed by atoms with E-state index in [-0.39, 0.29) is 6.10 Å². The number of hydrogen-bond donors (Lipinski definition) is 2. The molecule has 7 nitrogen and oxygen atoms in total. The Morgan fingerprint density at radius 1 is 1.47 bits per heavy atom. The van der Waals surface area contributed by atoms with Crippen molar-refractivity contribution in [3.8, 4) is 0 Å². The fourth-order valence-corrected chi connectivity index (χ4v) is 2.34. The summed E-state index contributed by atoms with van der Waals surface area (Å²) in [7, 11) is 0. The van der Waals surface area contributed by atoms with Gasteiger partial charge in [0.2, 0.25) is 0 Å². The molecule has 17 heavy (non-hydrogen) atoms. The van der Waals surface area contributed by atoms with Crippen LogP contribution in [0.4, 0.5) is 0 Å². The summed E-state index contributed by atoms with van der Waals surface area (Å²) < 4.78 is 1.54. The Morgan fingerprint density at radius 3 is 2.71 bits per heavy atom. The standard InChI is InChI=1S/C10H16N4O3/c15-8-1-3-10(4-2-8,9(16)17)5-6-14-7-11-12-13-14/h7-8,15H,1-6H2,(H,16,17).